The molecule has 0 saturated carbocycles. The number of aliphatic carboxylic acids is 1. The van der Waals surface area contributed by atoms with E-state index in [0.717, 1.165) is 5.56 Å². The summed E-state index contributed by atoms with van der Waals surface area (Å²) in [5.74, 6) is -0.875. The molecule has 0 aliphatic rings. The lowest BCUT2D eigenvalue weighted by atomic mass is 10.3. The van der Waals surface area contributed by atoms with Crippen LogP contribution in [-0.2, 0) is 21.2 Å². The second kappa shape index (κ2) is 5.67. The predicted molar refractivity (Wildman–Crippen MR) is 62.2 cm³/mol. The monoisotopic (exact) mass is 261 g/mol. The maximum absolute atomic E-state index is 11.6. The molecule has 96 valence electrons. The highest BCUT2D eigenvalue weighted by atomic mass is 32.2. The highest BCUT2D eigenvalue weighted by molar-refractivity contribution is 7.92. The van der Waals surface area contributed by atoms with Gasteiger partial charge < -0.3 is 5.11 Å². The molecule has 0 aromatic carbocycles. The van der Waals surface area contributed by atoms with Crippen LogP contribution < -0.4 is 4.72 Å². The first-order chi connectivity index (χ1) is 7.94. The van der Waals surface area contributed by atoms with Gasteiger partial charge in [-0.1, -0.05) is 6.92 Å². The van der Waals surface area contributed by atoms with Crippen LogP contribution in [0.2, 0.25) is 0 Å². The van der Waals surface area contributed by atoms with Crippen molar-refractivity contribution in [3.8, 4) is 0 Å². The van der Waals surface area contributed by atoms with E-state index in [4.69, 9.17) is 5.11 Å². The summed E-state index contributed by atoms with van der Waals surface area (Å²) in [6, 6.07) is 0. The van der Waals surface area contributed by atoms with E-state index in [1.807, 2.05) is 6.92 Å². The van der Waals surface area contributed by atoms with Crippen molar-refractivity contribution >= 4 is 21.8 Å². The number of carboxylic acids is 1. The molecule has 0 atom stereocenters. The number of nitrogens with zero attached hydrogens (tertiary/aromatic N) is 1. The second-order valence-electron chi connectivity index (χ2n) is 3.54. The van der Waals surface area contributed by atoms with E-state index in [1.54, 1.807) is 6.20 Å². The van der Waals surface area contributed by atoms with Crippen molar-refractivity contribution in [3.63, 3.8) is 0 Å². The van der Waals surface area contributed by atoms with E-state index in [9.17, 15) is 13.2 Å². The van der Waals surface area contributed by atoms with Crippen molar-refractivity contribution in [1.82, 2.24) is 10.2 Å². The summed E-state index contributed by atoms with van der Waals surface area (Å²) in [4.78, 5) is 10.3. The molecule has 0 radical (unpaired) electrons. The van der Waals surface area contributed by atoms with Gasteiger partial charge in [0.2, 0.25) is 10.0 Å². The number of nitrogens with one attached hydrogen (secondary N) is 2. The van der Waals surface area contributed by atoms with Gasteiger partial charge in [0.05, 0.1) is 11.9 Å². The van der Waals surface area contributed by atoms with Crippen molar-refractivity contribution in [3.05, 3.63) is 11.8 Å². The van der Waals surface area contributed by atoms with Gasteiger partial charge in [0.25, 0.3) is 0 Å². The molecular weight excluding hydrogens is 246 g/mol. The minimum absolute atomic E-state index is 0.0836. The Morgan fingerprint density at radius 1 is 1.59 bits per heavy atom. The van der Waals surface area contributed by atoms with E-state index in [2.05, 4.69) is 14.9 Å². The Morgan fingerprint density at radius 3 is 2.88 bits per heavy atom. The quantitative estimate of drug-likeness (QED) is 0.664. The Balaban J connectivity index is 2.57. The summed E-state index contributed by atoms with van der Waals surface area (Å²) < 4.78 is 25.5. The number of hydrogen-bond donors (Lipinski definition) is 3. The lowest BCUT2D eigenvalue weighted by Gasteiger charge is -2.06. The topological polar surface area (TPSA) is 112 Å². The third-order valence-corrected chi connectivity index (χ3v) is 3.50. The van der Waals surface area contributed by atoms with Gasteiger partial charge in [-0.25, -0.2) is 8.42 Å². The number of carboxylic acid groups (broad SMARTS) is 1. The van der Waals surface area contributed by atoms with Crippen LogP contribution in [0.1, 0.15) is 25.3 Å². The molecule has 17 heavy (non-hydrogen) atoms. The first kappa shape index (κ1) is 13.5. The van der Waals surface area contributed by atoms with Gasteiger partial charge in [-0.05, 0) is 12.8 Å². The Bertz CT molecular complexity index is 480. The molecule has 0 spiro atoms. The highest BCUT2D eigenvalue weighted by Crippen LogP contribution is 2.13. The van der Waals surface area contributed by atoms with Crippen molar-refractivity contribution in [1.29, 1.82) is 0 Å². The van der Waals surface area contributed by atoms with Gasteiger partial charge in [-0.2, -0.15) is 5.10 Å². The summed E-state index contributed by atoms with van der Waals surface area (Å²) in [6.07, 6.45) is 2.13. The summed E-state index contributed by atoms with van der Waals surface area (Å²) in [5.41, 5.74) is 0.770. The van der Waals surface area contributed by atoms with Gasteiger partial charge >= 0.3 is 5.97 Å². The summed E-state index contributed by atoms with van der Waals surface area (Å²) in [6.45, 7) is 1.88. The number of rotatable bonds is 7. The van der Waals surface area contributed by atoms with Crippen LogP contribution >= 0.6 is 0 Å². The molecule has 8 heteroatoms. The van der Waals surface area contributed by atoms with E-state index in [0.29, 0.717) is 12.2 Å². The first-order valence-corrected chi connectivity index (χ1v) is 6.84. The third kappa shape index (κ3) is 4.43. The van der Waals surface area contributed by atoms with Gasteiger partial charge in [0.1, 0.15) is 5.82 Å². The number of H-pyrrole nitrogens is 1. The molecule has 1 aromatic rings. The predicted octanol–water partition coefficient (Wildman–Crippen LogP) is 0.579. The zero-order valence-corrected chi connectivity index (χ0v) is 10.2. The van der Waals surface area contributed by atoms with E-state index < -0.39 is 16.0 Å². The Kier molecular flexibility index (Phi) is 4.50. The largest absolute Gasteiger partial charge is 0.481 e. The van der Waals surface area contributed by atoms with Crippen LogP contribution in [0, 0.1) is 0 Å². The number of aryl methyl sites for hydroxylation is 1. The number of carbonyl (C=O) groups is 1. The highest BCUT2D eigenvalue weighted by Gasteiger charge is 2.14. The zero-order chi connectivity index (χ0) is 12.9. The maximum atomic E-state index is 11.6. The van der Waals surface area contributed by atoms with Gasteiger partial charge in [-0.15, -0.1) is 0 Å². The number of sulfonamides is 1. The third-order valence-electron chi connectivity index (χ3n) is 2.16. The fourth-order valence-electron chi connectivity index (χ4n) is 1.29. The lowest BCUT2D eigenvalue weighted by Crippen LogP contribution is -2.18. The average Bonchev–Trinajstić information content (AvgIpc) is 2.63. The fraction of sp³-hybridized carbons (Fsp3) is 0.556. The van der Waals surface area contributed by atoms with Crippen LogP contribution in [0.3, 0.4) is 0 Å². The zero-order valence-electron chi connectivity index (χ0n) is 9.43. The van der Waals surface area contributed by atoms with Crippen molar-refractivity contribution in [2.75, 3.05) is 10.5 Å². The van der Waals surface area contributed by atoms with E-state index in [-0.39, 0.29) is 18.6 Å². The maximum Gasteiger partial charge on any atom is 0.303 e. The molecule has 3 N–H and O–H groups in total. The van der Waals surface area contributed by atoms with Crippen molar-refractivity contribution < 1.29 is 18.3 Å². The Morgan fingerprint density at radius 2 is 2.29 bits per heavy atom. The normalized spacial score (nSPS) is 11.4. The summed E-state index contributed by atoms with van der Waals surface area (Å²) in [7, 11) is -3.52. The second-order valence-corrected chi connectivity index (χ2v) is 5.38. The first-order valence-electron chi connectivity index (χ1n) is 5.19. The fourth-order valence-corrected chi connectivity index (χ4v) is 2.40. The molecule has 7 nitrogen and oxygen atoms in total. The average molecular weight is 261 g/mol. The minimum Gasteiger partial charge on any atom is -0.481 e. The van der Waals surface area contributed by atoms with E-state index >= 15 is 0 Å². The molecule has 0 amide bonds. The van der Waals surface area contributed by atoms with Crippen molar-refractivity contribution in [2.45, 2.75) is 26.2 Å². The van der Waals surface area contributed by atoms with Crippen LogP contribution in [-0.4, -0.2) is 35.4 Å². The number of aromatic nitrogens is 2. The molecule has 0 fully saturated rings. The van der Waals surface area contributed by atoms with Crippen molar-refractivity contribution in [2.24, 2.45) is 0 Å². The lowest BCUT2D eigenvalue weighted by molar-refractivity contribution is -0.137. The number of aromatic amines is 1. The molecule has 1 aromatic heterocycles. The van der Waals surface area contributed by atoms with Gasteiger partial charge in [-0.3, -0.25) is 14.6 Å². The SMILES string of the molecule is CCc1cn[nH]c1NS(=O)(=O)CCCC(=O)O. The molecule has 0 aliphatic heterocycles. The van der Waals surface area contributed by atoms with Crippen LogP contribution in [0.4, 0.5) is 5.82 Å². The number of hydrogen-bond acceptors (Lipinski definition) is 4. The van der Waals surface area contributed by atoms with Crippen LogP contribution in [0.5, 0.6) is 0 Å². The number of anilines is 1. The van der Waals surface area contributed by atoms with E-state index in [1.165, 1.54) is 0 Å². The molecule has 0 bridgehead atoms. The molecular formula is C9H15N3O4S. The molecule has 1 heterocycles. The van der Waals surface area contributed by atoms with Crippen LogP contribution in [0.15, 0.2) is 6.20 Å². The Hall–Kier alpha value is -1.57. The van der Waals surface area contributed by atoms with Gasteiger partial charge in [0.15, 0.2) is 0 Å². The smallest absolute Gasteiger partial charge is 0.303 e. The van der Waals surface area contributed by atoms with Crippen LogP contribution in [0.25, 0.3) is 0 Å². The molecule has 1 rings (SSSR count). The summed E-state index contributed by atoms with van der Waals surface area (Å²) >= 11 is 0. The standard InChI is InChI=1S/C9H15N3O4S/c1-2-7-6-10-11-9(7)12-17(15,16)5-3-4-8(13)14/h6H,2-5H2,1H3,(H,13,14)(H2,10,11,12). The van der Waals surface area contributed by atoms with Gasteiger partial charge in [0, 0.05) is 12.0 Å². The molecule has 0 aliphatic carbocycles. The molecule has 0 unspecified atom stereocenters. The summed E-state index contributed by atoms with van der Waals surface area (Å²) in [5, 5.41) is 14.7. The Labute approximate surface area is 99.3 Å². The molecule has 0 saturated heterocycles. The minimum atomic E-state index is -3.52.